The highest BCUT2D eigenvalue weighted by Gasteiger charge is 2.43. The van der Waals surface area contributed by atoms with Crippen LogP contribution >= 0.6 is 15.9 Å². The Balaban J connectivity index is 1.81. The lowest BCUT2D eigenvalue weighted by molar-refractivity contribution is -0.286. The smallest absolute Gasteiger partial charge is 0.395 e. The van der Waals surface area contributed by atoms with Crippen molar-refractivity contribution in [1.82, 2.24) is 4.98 Å². The summed E-state index contributed by atoms with van der Waals surface area (Å²) >= 11 is 3.16. The number of ether oxygens (including phenoxy) is 2. The summed E-state index contributed by atoms with van der Waals surface area (Å²) in [5.41, 5.74) is 0.622. The van der Waals surface area contributed by atoms with Gasteiger partial charge in [-0.05, 0) is 40.2 Å². The summed E-state index contributed by atoms with van der Waals surface area (Å²) in [7, 11) is 0. The normalized spacial score (nSPS) is 14.8. The van der Waals surface area contributed by atoms with Gasteiger partial charge in [0.25, 0.3) is 5.91 Å². The fourth-order valence-corrected chi connectivity index (χ4v) is 2.21. The number of aromatic nitrogens is 1. The molecule has 0 saturated heterocycles. The third-order valence-electron chi connectivity index (χ3n) is 2.66. The fraction of sp³-hybridized carbons (Fsp3) is 0.0769. The molecule has 0 unspecified atom stereocenters. The third-order valence-corrected chi connectivity index (χ3v) is 3.29. The standard InChI is InChI=1S/C13H7BrF2N2O3/c14-11-8(2-1-5-17-11)12(19)18-7-3-4-9-10(6-7)21-13(15,16)20-9/h1-6H,(H,18,19). The second kappa shape index (κ2) is 4.96. The van der Waals surface area contributed by atoms with Crippen molar-refractivity contribution in [1.29, 1.82) is 0 Å². The number of pyridine rings is 1. The Morgan fingerprint density at radius 1 is 1.24 bits per heavy atom. The van der Waals surface area contributed by atoms with Gasteiger partial charge in [0.2, 0.25) is 0 Å². The van der Waals surface area contributed by atoms with E-state index in [1.807, 2.05) is 0 Å². The van der Waals surface area contributed by atoms with Gasteiger partial charge in [0.05, 0.1) is 5.56 Å². The molecule has 1 aromatic heterocycles. The van der Waals surface area contributed by atoms with E-state index in [1.165, 1.54) is 24.4 Å². The number of nitrogens with zero attached hydrogens (tertiary/aromatic N) is 1. The summed E-state index contributed by atoms with van der Waals surface area (Å²) in [4.78, 5) is 16.0. The molecule has 0 atom stereocenters. The van der Waals surface area contributed by atoms with Crippen LogP contribution in [-0.2, 0) is 0 Å². The first-order chi connectivity index (χ1) is 9.94. The molecule has 21 heavy (non-hydrogen) atoms. The van der Waals surface area contributed by atoms with Gasteiger partial charge in [0, 0.05) is 18.0 Å². The molecule has 1 aromatic carbocycles. The summed E-state index contributed by atoms with van der Waals surface area (Å²) in [6.07, 6.45) is -2.15. The van der Waals surface area contributed by atoms with E-state index < -0.39 is 12.2 Å². The highest BCUT2D eigenvalue weighted by molar-refractivity contribution is 9.10. The Kier molecular flexibility index (Phi) is 3.25. The number of benzene rings is 1. The number of halogens is 3. The minimum absolute atomic E-state index is 0.0828. The van der Waals surface area contributed by atoms with Gasteiger partial charge >= 0.3 is 6.29 Å². The number of rotatable bonds is 2. The van der Waals surface area contributed by atoms with E-state index in [-0.39, 0.29) is 11.5 Å². The summed E-state index contributed by atoms with van der Waals surface area (Å²) in [6.45, 7) is 0. The maximum absolute atomic E-state index is 12.9. The SMILES string of the molecule is O=C(Nc1ccc2c(c1)OC(F)(F)O2)c1cccnc1Br. The molecule has 0 aliphatic carbocycles. The molecule has 108 valence electrons. The third kappa shape index (κ3) is 2.80. The van der Waals surface area contributed by atoms with Gasteiger partial charge in [-0.3, -0.25) is 4.79 Å². The average molecular weight is 357 g/mol. The van der Waals surface area contributed by atoms with E-state index in [4.69, 9.17) is 0 Å². The quantitative estimate of drug-likeness (QED) is 0.837. The summed E-state index contributed by atoms with van der Waals surface area (Å²) in [5, 5.41) is 2.57. The molecule has 0 spiro atoms. The van der Waals surface area contributed by atoms with Gasteiger partial charge in [-0.2, -0.15) is 0 Å². The highest BCUT2D eigenvalue weighted by atomic mass is 79.9. The Bertz CT molecular complexity index is 724. The lowest BCUT2D eigenvalue weighted by atomic mass is 10.2. The zero-order valence-electron chi connectivity index (χ0n) is 10.3. The van der Waals surface area contributed by atoms with E-state index in [0.29, 0.717) is 15.9 Å². The van der Waals surface area contributed by atoms with Crippen molar-refractivity contribution >= 4 is 27.5 Å². The number of alkyl halides is 2. The minimum atomic E-state index is -3.68. The van der Waals surface area contributed by atoms with Crippen LogP contribution in [0.5, 0.6) is 11.5 Å². The first-order valence-corrected chi connectivity index (χ1v) is 6.56. The van der Waals surface area contributed by atoms with E-state index in [9.17, 15) is 13.6 Å². The first kappa shape index (κ1) is 13.7. The Morgan fingerprint density at radius 2 is 2.00 bits per heavy atom. The molecule has 0 saturated carbocycles. The van der Waals surface area contributed by atoms with E-state index in [1.54, 1.807) is 12.1 Å². The molecule has 1 aliphatic rings. The van der Waals surface area contributed by atoms with Gasteiger partial charge in [0.15, 0.2) is 11.5 Å². The number of hydrogen-bond donors (Lipinski definition) is 1. The molecule has 0 bridgehead atoms. The number of nitrogens with one attached hydrogen (secondary N) is 1. The number of hydrogen-bond acceptors (Lipinski definition) is 4. The Hall–Kier alpha value is -2.22. The summed E-state index contributed by atoms with van der Waals surface area (Å²) in [6, 6.07) is 7.18. The van der Waals surface area contributed by atoms with Crippen LogP contribution < -0.4 is 14.8 Å². The molecule has 0 fully saturated rings. The van der Waals surface area contributed by atoms with Crippen molar-refractivity contribution in [2.45, 2.75) is 6.29 Å². The number of anilines is 1. The van der Waals surface area contributed by atoms with Gasteiger partial charge in [-0.15, -0.1) is 8.78 Å². The number of carbonyl (C=O) groups excluding carboxylic acids is 1. The molecule has 0 radical (unpaired) electrons. The van der Waals surface area contributed by atoms with E-state index >= 15 is 0 Å². The summed E-state index contributed by atoms with van der Waals surface area (Å²) in [5.74, 6) is -0.649. The molecule has 1 aliphatic heterocycles. The largest absolute Gasteiger partial charge is 0.586 e. The highest BCUT2D eigenvalue weighted by Crippen LogP contribution is 2.42. The van der Waals surface area contributed by atoms with Crippen molar-refractivity contribution in [2.75, 3.05) is 5.32 Å². The molecule has 2 aromatic rings. The molecule has 2 heterocycles. The van der Waals surface area contributed by atoms with Gasteiger partial charge < -0.3 is 14.8 Å². The molecular formula is C13H7BrF2N2O3. The number of fused-ring (bicyclic) bond motifs is 1. The molecule has 5 nitrogen and oxygen atoms in total. The fourth-order valence-electron chi connectivity index (χ4n) is 1.78. The zero-order valence-corrected chi connectivity index (χ0v) is 11.9. The monoisotopic (exact) mass is 356 g/mol. The van der Waals surface area contributed by atoms with Crippen molar-refractivity contribution in [3.8, 4) is 11.5 Å². The van der Waals surface area contributed by atoms with Crippen molar-refractivity contribution < 1.29 is 23.0 Å². The van der Waals surface area contributed by atoms with Crippen LogP contribution in [0.25, 0.3) is 0 Å². The molecule has 3 rings (SSSR count). The van der Waals surface area contributed by atoms with Gasteiger partial charge in [-0.1, -0.05) is 0 Å². The van der Waals surface area contributed by atoms with Gasteiger partial charge in [0.1, 0.15) is 4.60 Å². The molecule has 1 amide bonds. The van der Waals surface area contributed by atoms with Crippen LogP contribution in [0, 0.1) is 0 Å². The predicted molar refractivity (Wildman–Crippen MR) is 72.5 cm³/mol. The topological polar surface area (TPSA) is 60.5 Å². The lowest BCUT2D eigenvalue weighted by Crippen LogP contribution is -2.25. The predicted octanol–water partition coefficient (Wildman–Crippen LogP) is 3.42. The molecule has 1 N–H and O–H groups in total. The van der Waals surface area contributed by atoms with E-state index in [2.05, 4.69) is 35.7 Å². The average Bonchev–Trinajstić information content (AvgIpc) is 2.72. The van der Waals surface area contributed by atoms with Crippen LogP contribution in [0.2, 0.25) is 0 Å². The van der Waals surface area contributed by atoms with Crippen molar-refractivity contribution in [3.63, 3.8) is 0 Å². The second-order valence-corrected chi connectivity index (χ2v) is 4.88. The van der Waals surface area contributed by atoms with Gasteiger partial charge in [-0.25, -0.2) is 4.98 Å². The van der Waals surface area contributed by atoms with Crippen LogP contribution in [-0.4, -0.2) is 17.2 Å². The number of amides is 1. The maximum atomic E-state index is 12.9. The molecule has 8 heteroatoms. The van der Waals surface area contributed by atoms with Crippen LogP contribution in [0.15, 0.2) is 41.1 Å². The van der Waals surface area contributed by atoms with Crippen LogP contribution in [0.4, 0.5) is 14.5 Å². The second-order valence-electron chi connectivity index (χ2n) is 4.12. The van der Waals surface area contributed by atoms with E-state index in [0.717, 1.165) is 0 Å². The maximum Gasteiger partial charge on any atom is 0.586 e. The van der Waals surface area contributed by atoms with Crippen LogP contribution in [0.3, 0.4) is 0 Å². The Labute approximate surface area is 126 Å². The Morgan fingerprint density at radius 3 is 2.76 bits per heavy atom. The van der Waals surface area contributed by atoms with Crippen molar-refractivity contribution in [2.24, 2.45) is 0 Å². The number of carbonyl (C=O) groups is 1. The van der Waals surface area contributed by atoms with Crippen LogP contribution in [0.1, 0.15) is 10.4 Å². The van der Waals surface area contributed by atoms with Crippen molar-refractivity contribution in [3.05, 3.63) is 46.7 Å². The zero-order chi connectivity index (χ0) is 15.0. The summed E-state index contributed by atoms with van der Waals surface area (Å²) < 4.78 is 34.8. The minimum Gasteiger partial charge on any atom is -0.395 e. The molecular weight excluding hydrogens is 350 g/mol. The lowest BCUT2D eigenvalue weighted by Gasteiger charge is -2.06. The first-order valence-electron chi connectivity index (χ1n) is 5.76.